The van der Waals surface area contributed by atoms with E-state index < -0.39 is 12.1 Å². The minimum Gasteiger partial charge on any atom is -0.497 e. The van der Waals surface area contributed by atoms with Crippen LogP contribution in [0.2, 0.25) is 5.02 Å². The summed E-state index contributed by atoms with van der Waals surface area (Å²) >= 11 is 6.01. The van der Waals surface area contributed by atoms with Crippen LogP contribution in [0.15, 0.2) is 42.5 Å². The molecule has 1 atom stereocenters. The Bertz CT molecular complexity index is 776. The molecule has 0 bridgehead atoms. The first-order valence-corrected chi connectivity index (χ1v) is 8.40. The summed E-state index contributed by atoms with van der Waals surface area (Å²) in [6.45, 7) is 3.57. The smallest absolute Gasteiger partial charge is 0.339 e. The first kappa shape index (κ1) is 19.6. The molecule has 1 amide bonds. The Morgan fingerprint density at radius 3 is 2.38 bits per heavy atom. The van der Waals surface area contributed by atoms with Gasteiger partial charge in [-0.25, -0.2) is 4.79 Å². The summed E-state index contributed by atoms with van der Waals surface area (Å²) in [6.07, 6.45) is -0.745. The Hall–Kier alpha value is -2.73. The zero-order valence-corrected chi connectivity index (χ0v) is 15.5. The average molecular weight is 378 g/mol. The number of halogens is 1. The van der Waals surface area contributed by atoms with Gasteiger partial charge < -0.3 is 19.5 Å². The Labute approximate surface area is 157 Å². The molecule has 0 fully saturated rings. The zero-order valence-electron chi connectivity index (χ0n) is 14.7. The van der Waals surface area contributed by atoms with Crippen LogP contribution in [0.1, 0.15) is 24.2 Å². The second kappa shape index (κ2) is 9.10. The summed E-state index contributed by atoms with van der Waals surface area (Å²) in [7, 11) is 1.57. The van der Waals surface area contributed by atoms with Crippen LogP contribution in [0.3, 0.4) is 0 Å². The minimum atomic E-state index is -0.745. The maximum atomic E-state index is 12.3. The van der Waals surface area contributed by atoms with Crippen LogP contribution in [-0.4, -0.2) is 31.7 Å². The third-order valence-electron chi connectivity index (χ3n) is 3.47. The van der Waals surface area contributed by atoms with Gasteiger partial charge >= 0.3 is 5.97 Å². The van der Waals surface area contributed by atoms with Crippen molar-refractivity contribution in [2.45, 2.75) is 20.0 Å². The quantitative estimate of drug-likeness (QED) is 0.740. The predicted molar refractivity (Wildman–Crippen MR) is 99.1 cm³/mol. The molecule has 0 unspecified atom stereocenters. The van der Waals surface area contributed by atoms with Crippen LogP contribution in [0.4, 0.5) is 5.69 Å². The van der Waals surface area contributed by atoms with E-state index in [1.54, 1.807) is 51.3 Å². The predicted octanol–water partition coefficient (Wildman–Crippen LogP) is 3.93. The molecule has 7 heteroatoms. The van der Waals surface area contributed by atoms with Crippen molar-refractivity contribution in [1.29, 1.82) is 0 Å². The molecule has 0 aliphatic heterocycles. The van der Waals surface area contributed by atoms with Crippen LogP contribution in [0.5, 0.6) is 11.5 Å². The number of methoxy groups -OCH3 is 1. The lowest BCUT2D eigenvalue weighted by Crippen LogP contribution is -2.30. The topological polar surface area (TPSA) is 73.9 Å². The molecule has 0 aliphatic carbocycles. The highest BCUT2D eigenvalue weighted by atomic mass is 35.5. The Balaban J connectivity index is 2.03. The molecule has 0 radical (unpaired) electrons. The second-order valence-corrected chi connectivity index (χ2v) is 5.75. The van der Waals surface area contributed by atoms with Gasteiger partial charge in [0.1, 0.15) is 11.5 Å². The number of benzene rings is 2. The number of carbonyl (C=O) groups excluding carboxylic acids is 2. The molecule has 6 nitrogen and oxygen atoms in total. The van der Waals surface area contributed by atoms with Gasteiger partial charge in [-0.15, -0.1) is 0 Å². The summed E-state index contributed by atoms with van der Waals surface area (Å²) in [5.41, 5.74) is 0.614. The number of rotatable bonds is 7. The number of carbonyl (C=O) groups is 2. The fourth-order valence-electron chi connectivity index (χ4n) is 2.12. The number of esters is 1. The molecule has 0 spiro atoms. The third kappa shape index (κ3) is 5.13. The van der Waals surface area contributed by atoms with Gasteiger partial charge in [-0.05, 0) is 56.3 Å². The summed E-state index contributed by atoms with van der Waals surface area (Å²) in [6, 6.07) is 11.5. The lowest BCUT2D eigenvalue weighted by atomic mass is 10.2. The molecule has 0 saturated carbocycles. The molecule has 0 heterocycles. The number of hydrogen-bond donors (Lipinski definition) is 1. The Morgan fingerprint density at radius 1 is 1.12 bits per heavy atom. The van der Waals surface area contributed by atoms with E-state index in [-0.39, 0.29) is 23.1 Å². The number of amides is 1. The molecule has 0 aliphatic rings. The molecule has 0 saturated heterocycles. The maximum Gasteiger partial charge on any atom is 0.339 e. The Kier molecular flexibility index (Phi) is 6.86. The highest BCUT2D eigenvalue weighted by Crippen LogP contribution is 2.22. The van der Waals surface area contributed by atoms with Gasteiger partial charge in [0.05, 0.1) is 24.3 Å². The molecule has 138 valence electrons. The average Bonchev–Trinajstić information content (AvgIpc) is 2.64. The largest absolute Gasteiger partial charge is 0.497 e. The molecule has 1 N–H and O–H groups in total. The first-order valence-electron chi connectivity index (χ1n) is 8.02. The van der Waals surface area contributed by atoms with E-state index >= 15 is 0 Å². The van der Waals surface area contributed by atoms with E-state index in [1.807, 2.05) is 0 Å². The van der Waals surface area contributed by atoms with E-state index in [0.29, 0.717) is 17.2 Å². The number of nitrogens with one attached hydrogen (secondary N) is 1. The SMILES string of the molecule is CCOC(=O)c1cc(NC(=O)[C@H](C)Oc2ccc(OC)cc2)ccc1Cl. The summed E-state index contributed by atoms with van der Waals surface area (Å²) in [5.74, 6) is 0.327. The standard InChI is InChI=1S/C19H20ClNO5/c1-4-25-19(23)16-11-13(5-10-17(16)20)21-18(22)12(2)26-15-8-6-14(24-3)7-9-15/h5-12H,4H2,1-3H3,(H,21,22)/t12-/m0/s1. The second-order valence-electron chi connectivity index (χ2n) is 5.34. The Morgan fingerprint density at radius 2 is 1.77 bits per heavy atom. The van der Waals surface area contributed by atoms with Gasteiger partial charge in [-0.2, -0.15) is 0 Å². The number of anilines is 1. The van der Waals surface area contributed by atoms with Gasteiger partial charge in [-0.1, -0.05) is 11.6 Å². The van der Waals surface area contributed by atoms with Crippen molar-refractivity contribution in [1.82, 2.24) is 0 Å². The highest BCUT2D eigenvalue weighted by Gasteiger charge is 2.17. The van der Waals surface area contributed by atoms with Gasteiger partial charge in [0.2, 0.25) is 0 Å². The van der Waals surface area contributed by atoms with E-state index in [2.05, 4.69) is 5.32 Å². The van der Waals surface area contributed by atoms with Crippen molar-refractivity contribution in [3.63, 3.8) is 0 Å². The highest BCUT2D eigenvalue weighted by molar-refractivity contribution is 6.33. The van der Waals surface area contributed by atoms with Gasteiger partial charge in [0, 0.05) is 5.69 Å². The van der Waals surface area contributed by atoms with Crippen molar-refractivity contribution in [2.75, 3.05) is 19.0 Å². The first-order chi connectivity index (χ1) is 12.4. The lowest BCUT2D eigenvalue weighted by molar-refractivity contribution is -0.122. The summed E-state index contributed by atoms with van der Waals surface area (Å²) < 4.78 is 15.6. The fraction of sp³-hybridized carbons (Fsp3) is 0.263. The molecule has 2 aromatic carbocycles. The van der Waals surface area contributed by atoms with Crippen LogP contribution in [0.25, 0.3) is 0 Å². The molecule has 0 aromatic heterocycles. The van der Waals surface area contributed by atoms with Crippen LogP contribution >= 0.6 is 11.6 Å². The van der Waals surface area contributed by atoms with Crippen molar-refractivity contribution in [2.24, 2.45) is 0 Å². The molecular formula is C19H20ClNO5. The number of ether oxygens (including phenoxy) is 3. The zero-order chi connectivity index (χ0) is 19.1. The van der Waals surface area contributed by atoms with E-state index in [1.165, 1.54) is 12.1 Å². The normalized spacial score (nSPS) is 11.4. The van der Waals surface area contributed by atoms with Crippen LogP contribution in [-0.2, 0) is 9.53 Å². The van der Waals surface area contributed by atoms with Gasteiger partial charge in [-0.3, -0.25) is 4.79 Å². The summed E-state index contributed by atoms with van der Waals surface area (Å²) in [4.78, 5) is 24.2. The molecule has 2 aromatic rings. The molecule has 2 rings (SSSR count). The van der Waals surface area contributed by atoms with Crippen molar-refractivity contribution < 1.29 is 23.8 Å². The van der Waals surface area contributed by atoms with Crippen LogP contribution in [0, 0.1) is 0 Å². The summed E-state index contributed by atoms with van der Waals surface area (Å²) in [5, 5.41) is 2.95. The lowest BCUT2D eigenvalue weighted by Gasteiger charge is -2.15. The van der Waals surface area contributed by atoms with Gasteiger partial charge in [0.15, 0.2) is 6.10 Å². The molecular weight excluding hydrogens is 358 g/mol. The van der Waals surface area contributed by atoms with Crippen molar-refractivity contribution >= 4 is 29.2 Å². The van der Waals surface area contributed by atoms with E-state index in [0.717, 1.165) is 0 Å². The fourth-order valence-corrected chi connectivity index (χ4v) is 2.32. The van der Waals surface area contributed by atoms with E-state index in [9.17, 15) is 9.59 Å². The monoisotopic (exact) mass is 377 g/mol. The maximum absolute atomic E-state index is 12.3. The van der Waals surface area contributed by atoms with Crippen LogP contribution < -0.4 is 14.8 Å². The third-order valence-corrected chi connectivity index (χ3v) is 3.80. The van der Waals surface area contributed by atoms with Crippen molar-refractivity contribution in [3.8, 4) is 11.5 Å². The van der Waals surface area contributed by atoms with E-state index in [4.69, 9.17) is 25.8 Å². The van der Waals surface area contributed by atoms with Gasteiger partial charge in [0.25, 0.3) is 5.91 Å². The van der Waals surface area contributed by atoms with Crippen molar-refractivity contribution in [3.05, 3.63) is 53.1 Å². The molecule has 26 heavy (non-hydrogen) atoms. The minimum absolute atomic E-state index is 0.190. The number of hydrogen-bond acceptors (Lipinski definition) is 5.